The number of aromatic amines is 1. The first-order chi connectivity index (χ1) is 7.63. The number of nitrogens with one attached hydrogen (secondary N) is 1. The van der Waals surface area contributed by atoms with E-state index in [9.17, 15) is 4.79 Å². The molecule has 1 aromatic heterocycles. The minimum atomic E-state index is 0.000278. The molecule has 0 saturated heterocycles. The van der Waals surface area contributed by atoms with Gasteiger partial charge >= 0.3 is 0 Å². The van der Waals surface area contributed by atoms with Gasteiger partial charge in [0.2, 0.25) is 0 Å². The molecule has 2 rings (SSSR count). The maximum absolute atomic E-state index is 11.8. The zero-order valence-electron chi connectivity index (χ0n) is 9.76. The van der Waals surface area contributed by atoms with Crippen molar-refractivity contribution in [2.24, 2.45) is 0 Å². The minimum absolute atomic E-state index is 0.000278. The van der Waals surface area contributed by atoms with Crippen LogP contribution in [0, 0.1) is 13.8 Å². The van der Waals surface area contributed by atoms with Gasteiger partial charge in [-0.2, -0.15) is 0 Å². The Bertz CT molecular complexity index is 584. The van der Waals surface area contributed by atoms with Crippen LogP contribution in [0.1, 0.15) is 18.1 Å². The Morgan fingerprint density at radius 2 is 2.06 bits per heavy atom. The number of hydrogen-bond donors (Lipinski definition) is 1. The van der Waals surface area contributed by atoms with Crippen LogP contribution in [0.5, 0.6) is 5.88 Å². The Hall–Kier alpha value is -1.77. The summed E-state index contributed by atoms with van der Waals surface area (Å²) in [5.74, 6) is 0.536. The summed E-state index contributed by atoms with van der Waals surface area (Å²) >= 11 is 0. The molecule has 0 atom stereocenters. The van der Waals surface area contributed by atoms with Crippen LogP contribution in [-0.4, -0.2) is 11.6 Å². The lowest BCUT2D eigenvalue weighted by atomic mass is 10.1. The summed E-state index contributed by atoms with van der Waals surface area (Å²) in [4.78, 5) is 15.0. The van der Waals surface area contributed by atoms with Crippen LogP contribution < -0.4 is 10.2 Å². The van der Waals surface area contributed by atoms with Crippen molar-refractivity contribution in [3.05, 3.63) is 39.5 Å². The van der Waals surface area contributed by atoms with Gasteiger partial charge in [0, 0.05) is 11.5 Å². The maximum atomic E-state index is 11.8. The van der Waals surface area contributed by atoms with E-state index in [1.165, 1.54) is 6.07 Å². The average Bonchev–Trinajstić information content (AvgIpc) is 2.25. The topological polar surface area (TPSA) is 42.1 Å². The van der Waals surface area contributed by atoms with Gasteiger partial charge in [-0.25, -0.2) is 0 Å². The molecule has 16 heavy (non-hydrogen) atoms. The van der Waals surface area contributed by atoms with E-state index in [0.717, 1.165) is 16.6 Å². The largest absolute Gasteiger partial charge is 0.479 e. The van der Waals surface area contributed by atoms with Crippen molar-refractivity contribution >= 4 is 10.9 Å². The molecule has 0 aliphatic heterocycles. The highest BCUT2D eigenvalue weighted by atomic mass is 16.5. The molecule has 0 spiro atoms. The summed E-state index contributed by atoms with van der Waals surface area (Å²) in [5.41, 5.74) is 3.13. The van der Waals surface area contributed by atoms with Crippen LogP contribution in [0.3, 0.4) is 0 Å². The molecule has 2 aromatic rings. The highest BCUT2D eigenvalue weighted by Gasteiger charge is 2.06. The fourth-order valence-corrected chi connectivity index (χ4v) is 1.77. The summed E-state index contributed by atoms with van der Waals surface area (Å²) in [6.07, 6.45) is 0. The fourth-order valence-electron chi connectivity index (χ4n) is 1.77. The molecule has 1 heterocycles. The summed E-state index contributed by atoms with van der Waals surface area (Å²) in [6.45, 7) is 6.47. The van der Waals surface area contributed by atoms with E-state index >= 15 is 0 Å². The quantitative estimate of drug-likeness (QED) is 0.840. The van der Waals surface area contributed by atoms with E-state index in [1.54, 1.807) is 0 Å². The van der Waals surface area contributed by atoms with E-state index < -0.39 is 0 Å². The molecule has 0 aliphatic carbocycles. The summed E-state index contributed by atoms with van der Waals surface area (Å²) in [5, 5.41) is 0.714. The first-order valence-corrected chi connectivity index (χ1v) is 5.39. The first kappa shape index (κ1) is 10.7. The number of fused-ring (bicyclic) bond motifs is 1. The lowest BCUT2D eigenvalue weighted by Gasteiger charge is -2.08. The number of benzene rings is 1. The van der Waals surface area contributed by atoms with Gasteiger partial charge < -0.3 is 9.72 Å². The zero-order chi connectivity index (χ0) is 11.7. The molecule has 1 N–H and O–H groups in total. The number of H-pyrrole nitrogens is 1. The third-order valence-electron chi connectivity index (χ3n) is 2.81. The van der Waals surface area contributed by atoms with Crippen molar-refractivity contribution in [3.8, 4) is 5.88 Å². The van der Waals surface area contributed by atoms with Crippen molar-refractivity contribution in [3.63, 3.8) is 0 Å². The summed E-state index contributed by atoms with van der Waals surface area (Å²) in [7, 11) is 0. The minimum Gasteiger partial charge on any atom is -0.479 e. The Labute approximate surface area is 94.1 Å². The molecule has 3 heteroatoms. The third-order valence-corrected chi connectivity index (χ3v) is 2.81. The van der Waals surface area contributed by atoms with Gasteiger partial charge in [-0.05, 0) is 38.0 Å². The molecule has 0 bridgehead atoms. The monoisotopic (exact) mass is 217 g/mol. The Morgan fingerprint density at radius 3 is 2.75 bits per heavy atom. The second-order valence-corrected chi connectivity index (χ2v) is 3.86. The van der Waals surface area contributed by atoms with E-state index in [-0.39, 0.29) is 5.43 Å². The predicted octanol–water partition coefficient (Wildman–Crippen LogP) is 2.54. The highest BCUT2D eigenvalue weighted by Crippen LogP contribution is 2.19. The molecule has 84 valence electrons. The van der Waals surface area contributed by atoms with Gasteiger partial charge in [-0.1, -0.05) is 6.07 Å². The van der Waals surface area contributed by atoms with Gasteiger partial charge in [0.15, 0.2) is 11.3 Å². The normalized spacial score (nSPS) is 10.7. The lowest BCUT2D eigenvalue weighted by molar-refractivity contribution is 0.328. The zero-order valence-corrected chi connectivity index (χ0v) is 9.76. The second-order valence-electron chi connectivity index (χ2n) is 3.86. The Morgan fingerprint density at radius 1 is 1.31 bits per heavy atom. The average molecular weight is 217 g/mol. The lowest BCUT2D eigenvalue weighted by Crippen LogP contribution is -2.06. The van der Waals surface area contributed by atoms with Gasteiger partial charge in [0.25, 0.3) is 0 Å². The Balaban J connectivity index is 2.78. The van der Waals surface area contributed by atoms with E-state index in [4.69, 9.17) is 4.74 Å². The van der Waals surface area contributed by atoms with Crippen LogP contribution in [0.25, 0.3) is 10.9 Å². The van der Waals surface area contributed by atoms with Crippen LogP contribution in [0.4, 0.5) is 0 Å². The van der Waals surface area contributed by atoms with Gasteiger partial charge in [0.1, 0.15) is 0 Å². The van der Waals surface area contributed by atoms with Gasteiger partial charge in [-0.15, -0.1) is 0 Å². The molecule has 0 saturated carbocycles. The standard InChI is InChI=1S/C13H15NO2/c1-4-16-12-7-11(15)10-6-5-8(2)9(3)13(10)14-12/h5-7H,4H2,1-3H3,(H,14,15). The maximum Gasteiger partial charge on any atom is 0.195 e. The molecular formula is C13H15NO2. The van der Waals surface area contributed by atoms with E-state index in [2.05, 4.69) is 4.98 Å². The molecule has 1 aromatic carbocycles. The second kappa shape index (κ2) is 4.00. The smallest absolute Gasteiger partial charge is 0.195 e. The predicted molar refractivity (Wildman–Crippen MR) is 65.2 cm³/mol. The fraction of sp³-hybridized carbons (Fsp3) is 0.308. The van der Waals surface area contributed by atoms with Crippen molar-refractivity contribution in [1.82, 2.24) is 4.98 Å². The summed E-state index contributed by atoms with van der Waals surface area (Å²) in [6, 6.07) is 5.32. The molecule has 0 unspecified atom stereocenters. The van der Waals surface area contributed by atoms with Crippen LogP contribution in [0.15, 0.2) is 23.0 Å². The van der Waals surface area contributed by atoms with Crippen molar-refractivity contribution in [2.45, 2.75) is 20.8 Å². The number of ether oxygens (including phenoxy) is 1. The molecule has 0 aliphatic rings. The molecule has 0 amide bonds. The molecule has 0 fully saturated rings. The SMILES string of the molecule is CCOc1cc(=O)c2ccc(C)c(C)c2[nH]1. The number of aryl methyl sites for hydroxylation is 2. The molecule has 0 radical (unpaired) electrons. The van der Waals surface area contributed by atoms with Crippen molar-refractivity contribution in [2.75, 3.05) is 6.61 Å². The number of aromatic nitrogens is 1. The molecule has 3 nitrogen and oxygen atoms in total. The van der Waals surface area contributed by atoms with Crippen LogP contribution in [-0.2, 0) is 0 Å². The highest BCUT2D eigenvalue weighted by molar-refractivity contribution is 5.83. The van der Waals surface area contributed by atoms with Gasteiger partial charge in [0.05, 0.1) is 12.1 Å². The van der Waals surface area contributed by atoms with Crippen molar-refractivity contribution in [1.29, 1.82) is 0 Å². The number of pyridine rings is 1. The third kappa shape index (κ3) is 1.69. The van der Waals surface area contributed by atoms with Crippen molar-refractivity contribution < 1.29 is 4.74 Å². The number of hydrogen-bond acceptors (Lipinski definition) is 2. The molecular weight excluding hydrogens is 202 g/mol. The Kier molecular flexibility index (Phi) is 2.69. The first-order valence-electron chi connectivity index (χ1n) is 5.39. The summed E-state index contributed by atoms with van der Waals surface area (Å²) < 4.78 is 5.33. The number of rotatable bonds is 2. The van der Waals surface area contributed by atoms with Gasteiger partial charge in [-0.3, -0.25) is 4.79 Å². The van der Waals surface area contributed by atoms with Crippen LogP contribution >= 0.6 is 0 Å². The van der Waals surface area contributed by atoms with Crippen LogP contribution in [0.2, 0.25) is 0 Å². The van der Waals surface area contributed by atoms with E-state index in [0.29, 0.717) is 17.9 Å². The van der Waals surface area contributed by atoms with E-state index in [1.807, 2.05) is 32.9 Å².